The first-order valence-corrected chi connectivity index (χ1v) is 4.14. The number of carbonyl (C=O) groups is 2. The molecule has 0 fully saturated rings. The van der Waals surface area contributed by atoms with E-state index < -0.39 is 12.1 Å². The topological polar surface area (TPSA) is 55.4 Å². The van der Waals surface area contributed by atoms with Crippen LogP contribution in [0, 0.1) is 5.41 Å². The van der Waals surface area contributed by atoms with E-state index >= 15 is 0 Å². The molecule has 84 valence electrons. The molecule has 0 aliphatic heterocycles. The molecular weight excluding hydrogens is 182 g/mol. The normalized spacial score (nSPS) is 12.4. The first kappa shape index (κ1) is 15.4. The Morgan fingerprint density at radius 2 is 1.71 bits per heavy atom. The van der Waals surface area contributed by atoms with Crippen molar-refractivity contribution in [3.63, 3.8) is 0 Å². The molecule has 0 aromatic rings. The predicted molar refractivity (Wildman–Crippen MR) is 56.2 cm³/mol. The van der Waals surface area contributed by atoms with Crippen molar-refractivity contribution in [1.82, 2.24) is 5.32 Å². The van der Waals surface area contributed by atoms with Crippen LogP contribution in [0.3, 0.4) is 0 Å². The average molecular weight is 203 g/mol. The summed E-state index contributed by atoms with van der Waals surface area (Å²) >= 11 is 0. The van der Waals surface area contributed by atoms with E-state index in [-0.39, 0.29) is 18.6 Å². The fraction of sp³-hybridized carbons (Fsp3) is 0.800. The molecule has 0 unspecified atom stereocenters. The Hall–Kier alpha value is -1.06. The third kappa shape index (κ3) is 4.84. The molecule has 14 heavy (non-hydrogen) atoms. The van der Waals surface area contributed by atoms with Crippen molar-refractivity contribution in [2.75, 3.05) is 7.11 Å². The Balaban J connectivity index is 0. The summed E-state index contributed by atoms with van der Waals surface area (Å²) in [6.45, 7) is 7.10. The number of hydrogen-bond acceptors (Lipinski definition) is 3. The Labute approximate surface area is 86.0 Å². The first-order chi connectivity index (χ1) is 5.79. The molecule has 0 aliphatic carbocycles. The van der Waals surface area contributed by atoms with Crippen LogP contribution < -0.4 is 5.32 Å². The highest BCUT2D eigenvalue weighted by Crippen LogP contribution is 2.19. The maximum Gasteiger partial charge on any atom is 0.407 e. The van der Waals surface area contributed by atoms with Crippen molar-refractivity contribution in [1.29, 1.82) is 0 Å². The minimum atomic E-state index is -0.574. The van der Waals surface area contributed by atoms with Gasteiger partial charge in [0.05, 0.1) is 13.2 Å². The molecule has 0 aromatic heterocycles. The number of alkyl carbamates (subject to hydrolysis) is 1. The molecule has 1 N–H and O–H groups in total. The second kappa shape index (κ2) is 5.62. The van der Waals surface area contributed by atoms with E-state index in [1.807, 2.05) is 20.8 Å². The van der Waals surface area contributed by atoms with E-state index in [1.54, 1.807) is 0 Å². The maximum absolute atomic E-state index is 11.2. The third-order valence-electron chi connectivity index (χ3n) is 1.72. The molecule has 0 radical (unpaired) electrons. The zero-order valence-corrected chi connectivity index (χ0v) is 8.80. The number of carbonyl (C=O) groups excluding carboxylic acids is 2. The smallest absolute Gasteiger partial charge is 0.407 e. The van der Waals surface area contributed by atoms with Crippen molar-refractivity contribution >= 4 is 11.9 Å². The monoisotopic (exact) mass is 203 g/mol. The molecule has 4 heteroatoms. The fourth-order valence-corrected chi connectivity index (χ4v) is 1.10. The number of Topliss-reactive ketones (excluding diaryl/α,β-unsaturated/α-hetero) is 1. The highest BCUT2D eigenvalue weighted by molar-refractivity contribution is 5.86. The summed E-state index contributed by atoms with van der Waals surface area (Å²) in [7, 11) is 1.27. The first-order valence-electron chi connectivity index (χ1n) is 4.14. The molecule has 0 saturated carbocycles. The van der Waals surface area contributed by atoms with Crippen molar-refractivity contribution in [3.05, 3.63) is 0 Å². The molecule has 4 nitrogen and oxygen atoms in total. The zero-order chi connectivity index (χ0) is 10.6. The van der Waals surface area contributed by atoms with Gasteiger partial charge in [0.1, 0.15) is 0 Å². The van der Waals surface area contributed by atoms with Gasteiger partial charge in [-0.3, -0.25) is 4.79 Å². The molecule has 0 spiro atoms. The van der Waals surface area contributed by atoms with Crippen LogP contribution in [0.1, 0.15) is 35.1 Å². The summed E-state index contributed by atoms with van der Waals surface area (Å²) in [6.07, 6.45) is -0.574. The highest BCUT2D eigenvalue weighted by atomic mass is 16.5. The molecule has 1 atom stereocenters. The van der Waals surface area contributed by atoms with Crippen LogP contribution in [0.4, 0.5) is 4.79 Å². The summed E-state index contributed by atoms with van der Waals surface area (Å²) in [6, 6.07) is -0.500. The number of methoxy groups -OCH3 is 1. The number of ketones is 1. The highest BCUT2D eigenvalue weighted by Gasteiger charge is 2.30. The summed E-state index contributed by atoms with van der Waals surface area (Å²) in [5.41, 5.74) is -0.292. The van der Waals surface area contributed by atoms with E-state index in [0.29, 0.717) is 0 Å². The second-order valence-corrected chi connectivity index (χ2v) is 4.05. The van der Waals surface area contributed by atoms with E-state index in [2.05, 4.69) is 10.1 Å². The Kier molecular flexibility index (Phi) is 6.19. The molecular formula is C10H21NO3. The summed E-state index contributed by atoms with van der Waals surface area (Å²) in [4.78, 5) is 22.1. The Morgan fingerprint density at radius 1 is 1.29 bits per heavy atom. The van der Waals surface area contributed by atoms with Crippen LogP contribution in [-0.4, -0.2) is 25.0 Å². The van der Waals surface area contributed by atoms with Gasteiger partial charge >= 0.3 is 6.09 Å². The summed E-state index contributed by atoms with van der Waals surface area (Å²) in [5.74, 6) is -0.0714. The number of rotatable bonds is 2. The van der Waals surface area contributed by atoms with Crippen LogP contribution >= 0.6 is 0 Å². The van der Waals surface area contributed by atoms with Gasteiger partial charge in [-0.25, -0.2) is 4.79 Å². The molecule has 0 aliphatic rings. The summed E-state index contributed by atoms with van der Waals surface area (Å²) in [5, 5.41) is 2.50. The third-order valence-corrected chi connectivity index (χ3v) is 1.72. The van der Waals surface area contributed by atoms with Gasteiger partial charge in [0.25, 0.3) is 0 Å². The molecule has 0 heterocycles. The van der Waals surface area contributed by atoms with E-state index in [0.717, 1.165) is 0 Å². The maximum atomic E-state index is 11.2. The predicted octanol–water partition coefficient (Wildman–Crippen LogP) is 1.98. The lowest BCUT2D eigenvalue weighted by Crippen LogP contribution is -2.48. The SMILES string of the molecule is C.COC(=O)N[C@H](C(C)=O)C(C)(C)C. The molecule has 0 bridgehead atoms. The van der Waals surface area contributed by atoms with E-state index in [9.17, 15) is 9.59 Å². The van der Waals surface area contributed by atoms with Crippen LogP contribution in [0.2, 0.25) is 0 Å². The molecule has 1 amide bonds. The second-order valence-electron chi connectivity index (χ2n) is 4.05. The van der Waals surface area contributed by atoms with Crippen molar-refractivity contribution in [2.45, 2.75) is 41.2 Å². The molecule has 0 rings (SSSR count). The van der Waals surface area contributed by atoms with Crippen LogP contribution in [0.5, 0.6) is 0 Å². The van der Waals surface area contributed by atoms with Crippen LogP contribution in [0.25, 0.3) is 0 Å². The number of hydrogen-bond donors (Lipinski definition) is 1. The summed E-state index contributed by atoms with van der Waals surface area (Å²) < 4.78 is 4.42. The van der Waals surface area contributed by atoms with Crippen LogP contribution in [0.15, 0.2) is 0 Å². The van der Waals surface area contributed by atoms with Gasteiger partial charge < -0.3 is 10.1 Å². The van der Waals surface area contributed by atoms with Crippen molar-refractivity contribution < 1.29 is 14.3 Å². The van der Waals surface area contributed by atoms with Gasteiger partial charge in [0.2, 0.25) is 0 Å². The van der Waals surface area contributed by atoms with Gasteiger partial charge in [0.15, 0.2) is 5.78 Å². The lowest BCUT2D eigenvalue weighted by atomic mass is 9.85. The Morgan fingerprint density at radius 3 is 1.93 bits per heavy atom. The van der Waals surface area contributed by atoms with Crippen LogP contribution in [-0.2, 0) is 9.53 Å². The number of ether oxygens (including phenoxy) is 1. The van der Waals surface area contributed by atoms with Crippen molar-refractivity contribution in [2.24, 2.45) is 5.41 Å². The molecule has 0 saturated heterocycles. The van der Waals surface area contributed by atoms with Crippen molar-refractivity contribution in [3.8, 4) is 0 Å². The standard InChI is InChI=1S/C9H17NO3.CH4/c1-6(11)7(9(2,3)4)10-8(12)13-5;/h7H,1-5H3,(H,10,12);1H4/t7-;/m1./s1. The average Bonchev–Trinajstić information content (AvgIpc) is 1.96. The van der Waals surface area contributed by atoms with Gasteiger partial charge in [-0.15, -0.1) is 0 Å². The lowest BCUT2D eigenvalue weighted by Gasteiger charge is -2.28. The van der Waals surface area contributed by atoms with E-state index in [4.69, 9.17) is 0 Å². The zero-order valence-electron chi connectivity index (χ0n) is 8.80. The van der Waals surface area contributed by atoms with Gasteiger partial charge in [-0.2, -0.15) is 0 Å². The number of amides is 1. The lowest BCUT2D eigenvalue weighted by molar-refractivity contribution is -0.121. The van der Waals surface area contributed by atoms with Gasteiger partial charge in [0, 0.05) is 0 Å². The van der Waals surface area contributed by atoms with Gasteiger partial charge in [-0.05, 0) is 12.3 Å². The molecule has 0 aromatic carbocycles. The van der Waals surface area contributed by atoms with Gasteiger partial charge in [-0.1, -0.05) is 28.2 Å². The number of nitrogens with one attached hydrogen (secondary N) is 1. The quantitative estimate of drug-likeness (QED) is 0.746. The Bertz CT molecular complexity index is 206. The van der Waals surface area contributed by atoms with E-state index in [1.165, 1.54) is 14.0 Å². The minimum Gasteiger partial charge on any atom is -0.453 e. The minimum absolute atomic E-state index is 0. The largest absolute Gasteiger partial charge is 0.453 e. The fourth-order valence-electron chi connectivity index (χ4n) is 1.10.